The summed E-state index contributed by atoms with van der Waals surface area (Å²) in [5.41, 5.74) is 2.31. The third-order valence-electron chi connectivity index (χ3n) is 6.28. The van der Waals surface area contributed by atoms with Gasteiger partial charge in [-0.1, -0.05) is 53.8 Å². The molecule has 0 unspecified atom stereocenters. The van der Waals surface area contributed by atoms with E-state index in [1.807, 2.05) is 36.4 Å². The summed E-state index contributed by atoms with van der Waals surface area (Å²) in [6.07, 6.45) is 1.53. The molecule has 5 rings (SSSR count). The standard InChI is InChI=1S/C33H28N4O5S2/c1-41-27-13-8-11-22(30(27)42-2)19-26(35-31(39)21-9-4-3-5-10-21)32(40)34-23-15-17-24(18-16-23)43-20-29(38)37-33-36-25-12-6-7-14-28(25)44-33/h3-19H,20H2,1-2H3,(H,34,40)(H,35,39)(H,36,37,38)/b26-19-. The zero-order chi connectivity index (χ0) is 30.9. The summed E-state index contributed by atoms with van der Waals surface area (Å²) in [6.45, 7) is 0. The smallest absolute Gasteiger partial charge is 0.272 e. The number of hydrogen-bond acceptors (Lipinski definition) is 8. The molecule has 4 aromatic carbocycles. The van der Waals surface area contributed by atoms with Crippen molar-refractivity contribution < 1.29 is 23.9 Å². The Hall–Kier alpha value is -5.13. The number of amides is 3. The van der Waals surface area contributed by atoms with Crippen molar-refractivity contribution in [3.8, 4) is 11.5 Å². The molecule has 3 amide bonds. The van der Waals surface area contributed by atoms with Gasteiger partial charge in [-0.25, -0.2) is 4.98 Å². The van der Waals surface area contributed by atoms with Crippen molar-refractivity contribution in [2.75, 3.05) is 30.6 Å². The number of ether oxygens (including phenoxy) is 2. The lowest BCUT2D eigenvalue weighted by atomic mass is 10.1. The van der Waals surface area contributed by atoms with E-state index < -0.39 is 11.8 Å². The zero-order valence-corrected chi connectivity index (χ0v) is 25.5. The van der Waals surface area contributed by atoms with Crippen molar-refractivity contribution in [2.45, 2.75) is 4.90 Å². The first kappa shape index (κ1) is 30.3. The molecule has 0 radical (unpaired) electrons. The average Bonchev–Trinajstić information content (AvgIpc) is 3.46. The van der Waals surface area contributed by atoms with Crippen molar-refractivity contribution in [3.05, 3.63) is 114 Å². The van der Waals surface area contributed by atoms with Crippen molar-refractivity contribution in [2.24, 2.45) is 0 Å². The molecule has 0 atom stereocenters. The van der Waals surface area contributed by atoms with Gasteiger partial charge in [0.1, 0.15) is 5.70 Å². The van der Waals surface area contributed by atoms with Crippen LogP contribution in [0.2, 0.25) is 0 Å². The Morgan fingerprint density at radius 2 is 1.59 bits per heavy atom. The molecular formula is C33H28N4O5S2. The van der Waals surface area contributed by atoms with E-state index in [1.165, 1.54) is 43.4 Å². The topological polar surface area (TPSA) is 119 Å². The molecule has 0 saturated heterocycles. The van der Waals surface area contributed by atoms with E-state index in [2.05, 4.69) is 20.9 Å². The maximum Gasteiger partial charge on any atom is 0.272 e. The predicted octanol–water partition coefficient (Wildman–Crippen LogP) is 6.45. The van der Waals surface area contributed by atoms with Crippen LogP contribution in [0.4, 0.5) is 10.8 Å². The van der Waals surface area contributed by atoms with Gasteiger partial charge in [0.05, 0.1) is 30.2 Å². The van der Waals surface area contributed by atoms with Gasteiger partial charge in [0.15, 0.2) is 16.6 Å². The minimum atomic E-state index is -0.533. The normalized spacial score (nSPS) is 11.1. The monoisotopic (exact) mass is 624 g/mol. The molecule has 222 valence electrons. The number of fused-ring (bicyclic) bond motifs is 1. The van der Waals surface area contributed by atoms with Gasteiger partial charge in [-0.05, 0) is 60.7 Å². The van der Waals surface area contributed by atoms with Gasteiger partial charge < -0.3 is 25.4 Å². The van der Waals surface area contributed by atoms with Gasteiger partial charge in [0.25, 0.3) is 11.8 Å². The molecule has 5 aromatic rings. The van der Waals surface area contributed by atoms with Gasteiger partial charge in [-0.2, -0.15) is 0 Å². The van der Waals surface area contributed by atoms with Crippen LogP contribution in [0, 0.1) is 0 Å². The Labute approximate surface area is 262 Å². The molecule has 44 heavy (non-hydrogen) atoms. The van der Waals surface area contributed by atoms with Gasteiger partial charge in [0, 0.05) is 21.7 Å². The van der Waals surface area contributed by atoms with Crippen LogP contribution in [-0.4, -0.2) is 42.7 Å². The summed E-state index contributed by atoms with van der Waals surface area (Å²) in [7, 11) is 3.02. The van der Waals surface area contributed by atoms with E-state index in [1.54, 1.807) is 60.7 Å². The molecule has 0 bridgehead atoms. The van der Waals surface area contributed by atoms with Crippen molar-refractivity contribution in [1.82, 2.24) is 10.3 Å². The highest BCUT2D eigenvalue weighted by Crippen LogP contribution is 2.32. The van der Waals surface area contributed by atoms with Crippen molar-refractivity contribution in [1.29, 1.82) is 0 Å². The third kappa shape index (κ3) is 7.63. The molecule has 0 aliphatic rings. The molecular weight excluding hydrogens is 597 g/mol. The maximum atomic E-state index is 13.4. The summed E-state index contributed by atoms with van der Waals surface area (Å²) in [5, 5.41) is 8.96. The van der Waals surface area contributed by atoms with Gasteiger partial charge in [0.2, 0.25) is 5.91 Å². The molecule has 1 heterocycles. The Bertz CT molecular complexity index is 1790. The number of carbonyl (C=O) groups excluding carboxylic acids is 3. The van der Waals surface area contributed by atoms with E-state index in [0.717, 1.165) is 15.1 Å². The second kappa shape index (κ2) is 14.4. The minimum absolute atomic E-state index is 0.00961. The summed E-state index contributed by atoms with van der Waals surface area (Å²) in [5.74, 6) is -0.0366. The highest BCUT2D eigenvalue weighted by atomic mass is 32.2. The number of thiazole rings is 1. The summed E-state index contributed by atoms with van der Waals surface area (Å²) >= 11 is 2.79. The molecule has 3 N–H and O–H groups in total. The molecule has 0 fully saturated rings. The fourth-order valence-electron chi connectivity index (χ4n) is 4.19. The number of methoxy groups -OCH3 is 2. The van der Waals surface area contributed by atoms with Crippen molar-refractivity contribution >= 4 is 67.9 Å². The van der Waals surface area contributed by atoms with Crippen LogP contribution < -0.4 is 25.4 Å². The second-order valence-electron chi connectivity index (χ2n) is 9.26. The number of hydrogen-bond donors (Lipinski definition) is 3. The Morgan fingerprint density at radius 3 is 2.32 bits per heavy atom. The predicted molar refractivity (Wildman–Crippen MR) is 175 cm³/mol. The number of anilines is 2. The van der Waals surface area contributed by atoms with Crippen LogP contribution in [-0.2, 0) is 9.59 Å². The first-order chi connectivity index (χ1) is 21.4. The first-order valence-electron chi connectivity index (χ1n) is 13.4. The Morgan fingerprint density at radius 1 is 0.841 bits per heavy atom. The molecule has 1 aromatic heterocycles. The fraction of sp³-hybridized carbons (Fsp3) is 0.0909. The number of thioether (sulfide) groups is 1. The van der Waals surface area contributed by atoms with Crippen LogP contribution in [0.25, 0.3) is 16.3 Å². The van der Waals surface area contributed by atoms with Crippen molar-refractivity contribution in [3.63, 3.8) is 0 Å². The SMILES string of the molecule is COc1cccc(/C=C(\NC(=O)c2ccccc2)C(=O)Nc2ccc(SCC(=O)Nc3nc4ccccc4s3)cc2)c1OC. The maximum absolute atomic E-state index is 13.4. The largest absolute Gasteiger partial charge is 0.493 e. The number of para-hydroxylation sites is 2. The number of aromatic nitrogens is 1. The van der Waals surface area contributed by atoms with Crippen LogP contribution in [0.15, 0.2) is 108 Å². The van der Waals surface area contributed by atoms with Gasteiger partial charge >= 0.3 is 0 Å². The number of nitrogens with one attached hydrogen (secondary N) is 3. The lowest BCUT2D eigenvalue weighted by Crippen LogP contribution is -2.30. The van der Waals surface area contributed by atoms with Crippen LogP contribution in [0.1, 0.15) is 15.9 Å². The second-order valence-corrected chi connectivity index (χ2v) is 11.3. The number of carbonyl (C=O) groups is 3. The molecule has 0 aliphatic carbocycles. The Kier molecular flexibility index (Phi) is 9.90. The van der Waals surface area contributed by atoms with E-state index >= 15 is 0 Å². The van der Waals surface area contributed by atoms with Gasteiger partial charge in [-0.15, -0.1) is 11.8 Å². The quantitative estimate of drug-likeness (QED) is 0.114. The molecule has 11 heteroatoms. The molecule has 9 nitrogen and oxygen atoms in total. The van der Waals surface area contributed by atoms with E-state index in [-0.39, 0.29) is 17.4 Å². The average molecular weight is 625 g/mol. The lowest BCUT2D eigenvalue weighted by molar-refractivity contribution is -0.114. The van der Waals surface area contributed by atoms with Crippen LogP contribution >= 0.6 is 23.1 Å². The summed E-state index contributed by atoms with van der Waals surface area (Å²) < 4.78 is 11.9. The zero-order valence-electron chi connectivity index (χ0n) is 23.8. The summed E-state index contributed by atoms with van der Waals surface area (Å²) in [4.78, 5) is 44.2. The summed E-state index contributed by atoms with van der Waals surface area (Å²) in [6, 6.07) is 28.6. The molecule has 0 saturated carbocycles. The highest BCUT2D eigenvalue weighted by Gasteiger charge is 2.17. The van der Waals surface area contributed by atoms with E-state index in [0.29, 0.717) is 33.4 Å². The van der Waals surface area contributed by atoms with Crippen LogP contribution in [0.5, 0.6) is 11.5 Å². The molecule has 0 spiro atoms. The van der Waals surface area contributed by atoms with E-state index in [4.69, 9.17) is 9.47 Å². The number of nitrogens with zero attached hydrogens (tertiary/aromatic N) is 1. The number of benzene rings is 4. The fourth-order valence-corrected chi connectivity index (χ4v) is 5.77. The Balaban J connectivity index is 1.26. The lowest BCUT2D eigenvalue weighted by Gasteiger charge is -2.14. The van der Waals surface area contributed by atoms with Gasteiger partial charge in [-0.3, -0.25) is 14.4 Å². The number of rotatable bonds is 11. The molecule has 0 aliphatic heterocycles. The first-order valence-corrected chi connectivity index (χ1v) is 15.2. The van der Waals surface area contributed by atoms with E-state index in [9.17, 15) is 14.4 Å². The van der Waals surface area contributed by atoms with Crippen LogP contribution in [0.3, 0.4) is 0 Å². The third-order valence-corrected chi connectivity index (χ3v) is 8.25. The minimum Gasteiger partial charge on any atom is -0.493 e. The highest BCUT2D eigenvalue weighted by molar-refractivity contribution is 8.00.